The standard InChI is InChI=1S/C20H24O7/c1-6-9(2)18(23)26-17-10(3)12(21)7-14-20(5,27-14)8-13-15(16(17)22)11(4)19(24)25-13/h6,13-17,22H,3-4,7-8H2,1-2,5H3/b9-6-/t13-,14+,15+,16+,17+,20-/m1/s1. The topological polar surface area (TPSA) is 102 Å². The minimum absolute atomic E-state index is 0.0367. The molecule has 0 aromatic rings. The number of epoxide rings is 1. The summed E-state index contributed by atoms with van der Waals surface area (Å²) in [6.45, 7) is 12.6. The Morgan fingerprint density at radius 3 is 2.63 bits per heavy atom. The molecule has 0 amide bonds. The van der Waals surface area contributed by atoms with E-state index in [1.165, 1.54) is 0 Å². The van der Waals surface area contributed by atoms with E-state index in [2.05, 4.69) is 13.2 Å². The van der Waals surface area contributed by atoms with Crippen LogP contribution < -0.4 is 0 Å². The first-order valence-electron chi connectivity index (χ1n) is 8.90. The van der Waals surface area contributed by atoms with Crippen molar-refractivity contribution in [3.63, 3.8) is 0 Å². The van der Waals surface area contributed by atoms with Gasteiger partial charge in [-0.3, -0.25) is 4.79 Å². The van der Waals surface area contributed by atoms with Crippen molar-refractivity contribution in [3.05, 3.63) is 36.0 Å². The highest BCUT2D eigenvalue weighted by Gasteiger charge is 2.59. The second kappa shape index (κ2) is 6.73. The number of carbonyl (C=O) groups is 3. The first kappa shape index (κ1) is 19.5. The summed E-state index contributed by atoms with van der Waals surface area (Å²) in [5, 5.41) is 11.0. The van der Waals surface area contributed by atoms with Crippen molar-refractivity contribution < 1.29 is 33.7 Å². The normalized spacial score (nSPS) is 39.4. The van der Waals surface area contributed by atoms with E-state index >= 15 is 0 Å². The first-order valence-corrected chi connectivity index (χ1v) is 8.90. The molecule has 0 aromatic carbocycles. The largest absolute Gasteiger partial charge is 0.458 e. The van der Waals surface area contributed by atoms with Crippen LogP contribution in [0.3, 0.4) is 0 Å². The number of allylic oxidation sites excluding steroid dienone is 1. The zero-order chi connectivity index (χ0) is 20.1. The monoisotopic (exact) mass is 376 g/mol. The average Bonchev–Trinajstić information content (AvgIpc) is 3.15. The van der Waals surface area contributed by atoms with Gasteiger partial charge in [0.05, 0.1) is 17.6 Å². The number of hydrogen-bond donors (Lipinski definition) is 1. The molecule has 2 saturated heterocycles. The number of aliphatic hydroxyl groups excluding tert-OH is 1. The van der Waals surface area contributed by atoms with Gasteiger partial charge in [-0.05, 0) is 20.8 Å². The molecule has 1 N–H and O–H groups in total. The molecule has 7 nitrogen and oxygen atoms in total. The average molecular weight is 376 g/mol. The fraction of sp³-hybridized carbons (Fsp3) is 0.550. The van der Waals surface area contributed by atoms with Crippen LogP contribution in [0.2, 0.25) is 0 Å². The summed E-state index contributed by atoms with van der Waals surface area (Å²) in [5.41, 5.74) is -0.246. The van der Waals surface area contributed by atoms with Gasteiger partial charge in [0.15, 0.2) is 11.9 Å². The molecule has 0 unspecified atom stereocenters. The highest BCUT2D eigenvalue weighted by molar-refractivity contribution is 5.98. The lowest BCUT2D eigenvalue weighted by atomic mass is 9.79. The van der Waals surface area contributed by atoms with Crippen molar-refractivity contribution in [2.24, 2.45) is 5.92 Å². The van der Waals surface area contributed by atoms with E-state index in [0.717, 1.165) is 0 Å². The van der Waals surface area contributed by atoms with E-state index < -0.39 is 41.8 Å². The molecule has 146 valence electrons. The predicted molar refractivity (Wildman–Crippen MR) is 94.5 cm³/mol. The lowest BCUT2D eigenvalue weighted by Gasteiger charge is -2.31. The number of ether oxygens (including phenoxy) is 3. The van der Waals surface area contributed by atoms with Crippen LogP contribution in [0, 0.1) is 5.92 Å². The molecule has 2 aliphatic heterocycles. The van der Waals surface area contributed by atoms with Gasteiger partial charge in [-0.1, -0.05) is 19.2 Å². The molecule has 7 heteroatoms. The Bertz CT molecular complexity index is 764. The molecule has 0 spiro atoms. The predicted octanol–water partition coefficient (Wildman–Crippen LogP) is 1.40. The van der Waals surface area contributed by atoms with E-state index in [-0.39, 0.29) is 29.5 Å². The van der Waals surface area contributed by atoms with E-state index in [1.807, 2.05) is 6.92 Å². The molecule has 3 rings (SSSR count). The van der Waals surface area contributed by atoms with Crippen LogP contribution >= 0.6 is 0 Å². The maximum absolute atomic E-state index is 12.6. The van der Waals surface area contributed by atoms with Crippen LogP contribution in [0.4, 0.5) is 0 Å². The van der Waals surface area contributed by atoms with Gasteiger partial charge in [0.25, 0.3) is 0 Å². The molecule has 3 fully saturated rings. The lowest BCUT2D eigenvalue weighted by Crippen LogP contribution is -2.45. The number of aliphatic hydroxyl groups is 1. The van der Waals surface area contributed by atoms with Crippen molar-refractivity contribution in [1.82, 2.24) is 0 Å². The smallest absolute Gasteiger partial charge is 0.334 e. The summed E-state index contributed by atoms with van der Waals surface area (Å²) >= 11 is 0. The van der Waals surface area contributed by atoms with Crippen molar-refractivity contribution in [1.29, 1.82) is 0 Å². The third-order valence-electron chi connectivity index (χ3n) is 5.70. The van der Waals surface area contributed by atoms with Gasteiger partial charge in [0.2, 0.25) is 0 Å². The van der Waals surface area contributed by atoms with Crippen LogP contribution in [-0.2, 0) is 28.6 Å². The molecule has 6 atom stereocenters. The van der Waals surface area contributed by atoms with E-state index in [9.17, 15) is 19.5 Å². The zero-order valence-electron chi connectivity index (χ0n) is 15.7. The Morgan fingerprint density at radius 1 is 1.33 bits per heavy atom. The minimum Gasteiger partial charge on any atom is -0.458 e. The summed E-state index contributed by atoms with van der Waals surface area (Å²) in [5.74, 6) is -2.47. The summed E-state index contributed by atoms with van der Waals surface area (Å²) in [6, 6.07) is 0. The lowest BCUT2D eigenvalue weighted by molar-refractivity contribution is -0.152. The van der Waals surface area contributed by atoms with Crippen molar-refractivity contribution in [3.8, 4) is 0 Å². The Labute approximate surface area is 157 Å². The highest BCUT2D eigenvalue weighted by atomic mass is 16.6. The van der Waals surface area contributed by atoms with Crippen LogP contribution in [-0.4, -0.2) is 52.8 Å². The maximum atomic E-state index is 12.6. The molecule has 1 aliphatic carbocycles. The van der Waals surface area contributed by atoms with Gasteiger partial charge >= 0.3 is 11.9 Å². The summed E-state index contributed by atoms with van der Waals surface area (Å²) in [4.78, 5) is 36.9. The highest BCUT2D eigenvalue weighted by Crippen LogP contribution is 2.48. The van der Waals surface area contributed by atoms with E-state index in [1.54, 1.807) is 19.9 Å². The van der Waals surface area contributed by atoms with Crippen molar-refractivity contribution in [2.75, 3.05) is 0 Å². The van der Waals surface area contributed by atoms with Crippen LogP contribution in [0.1, 0.15) is 33.6 Å². The molecule has 0 bridgehead atoms. The van der Waals surface area contributed by atoms with Gasteiger partial charge in [0.1, 0.15) is 12.2 Å². The molecule has 2 heterocycles. The van der Waals surface area contributed by atoms with E-state index in [0.29, 0.717) is 12.0 Å². The third-order valence-corrected chi connectivity index (χ3v) is 5.70. The fourth-order valence-electron chi connectivity index (χ4n) is 3.69. The van der Waals surface area contributed by atoms with E-state index in [4.69, 9.17) is 14.2 Å². The second-order valence-electron chi connectivity index (χ2n) is 7.56. The number of Topliss-reactive ketones (excluding diaryl/α,β-unsaturated/α-hetero) is 1. The summed E-state index contributed by atoms with van der Waals surface area (Å²) < 4.78 is 16.5. The Morgan fingerprint density at radius 2 is 2.00 bits per heavy atom. The minimum atomic E-state index is -1.39. The van der Waals surface area contributed by atoms with Crippen molar-refractivity contribution >= 4 is 17.7 Å². The molecular weight excluding hydrogens is 352 g/mol. The SMILES string of the molecule is C=C1C(=O)O[C@@H]2C[C@@]3(C)O[C@H]3CC(=O)C(=C)[C@H](OC(=O)/C(C)=C\C)[C@@H](O)[C@@H]12. The summed E-state index contributed by atoms with van der Waals surface area (Å²) in [6.07, 6.45) is -1.77. The molecule has 0 aromatic heterocycles. The molecule has 3 aliphatic rings. The quantitative estimate of drug-likeness (QED) is 0.441. The van der Waals surface area contributed by atoms with Crippen molar-refractivity contribution in [2.45, 2.75) is 63.6 Å². The Balaban J connectivity index is 1.97. The van der Waals surface area contributed by atoms with Gasteiger partial charge < -0.3 is 19.3 Å². The molecule has 1 saturated carbocycles. The van der Waals surface area contributed by atoms with Crippen LogP contribution in [0.25, 0.3) is 0 Å². The third kappa shape index (κ3) is 3.37. The fourth-order valence-corrected chi connectivity index (χ4v) is 3.69. The number of fused-ring (bicyclic) bond motifs is 2. The van der Waals surface area contributed by atoms with Gasteiger partial charge in [-0.2, -0.15) is 0 Å². The summed E-state index contributed by atoms with van der Waals surface area (Å²) in [7, 11) is 0. The second-order valence-corrected chi connectivity index (χ2v) is 7.56. The number of carbonyl (C=O) groups excluding carboxylic acids is 3. The number of esters is 2. The zero-order valence-corrected chi connectivity index (χ0v) is 15.7. The molecule has 0 radical (unpaired) electrons. The number of hydrogen-bond acceptors (Lipinski definition) is 7. The number of ketones is 1. The van der Waals surface area contributed by atoms with Gasteiger partial charge in [-0.25, -0.2) is 9.59 Å². The first-order chi connectivity index (χ1) is 12.6. The molecular formula is C20H24O7. The van der Waals surface area contributed by atoms with Gasteiger partial charge in [0, 0.05) is 29.6 Å². The van der Waals surface area contributed by atoms with Crippen LogP contribution in [0.5, 0.6) is 0 Å². The van der Waals surface area contributed by atoms with Crippen LogP contribution in [0.15, 0.2) is 36.0 Å². The van der Waals surface area contributed by atoms with Gasteiger partial charge in [-0.15, -0.1) is 0 Å². The Hall–Kier alpha value is -2.25. The Kier molecular flexibility index (Phi) is 4.86. The molecule has 27 heavy (non-hydrogen) atoms. The maximum Gasteiger partial charge on any atom is 0.334 e. The number of rotatable bonds is 2.